The van der Waals surface area contributed by atoms with Crippen molar-refractivity contribution in [3.63, 3.8) is 0 Å². The smallest absolute Gasteiger partial charge is 0.325 e. The third-order valence-electron chi connectivity index (χ3n) is 2.25. The number of rotatable bonds is 1. The summed E-state index contributed by atoms with van der Waals surface area (Å²) in [5, 5.41) is 0. The van der Waals surface area contributed by atoms with E-state index >= 15 is 0 Å². The van der Waals surface area contributed by atoms with Gasteiger partial charge in [-0.1, -0.05) is 18.2 Å². The standard InChI is InChI=1S/C11H11NO3/c13-10-8-12(6-7-15-10)11(14)9-4-2-1-3-5-9/h1-5H,6-8H2. The maximum absolute atomic E-state index is 11.9. The number of nitrogens with zero attached hydrogens (tertiary/aromatic N) is 1. The Kier molecular flexibility index (Phi) is 2.67. The van der Waals surface area contributed by atoms with E-state index in [4.69, 9.17) is 4.74 Å². The maximum Gasteiger partial charge on any atom is 0.325 e. The zero-order valence-electron chi connectivity index (χ0n) is 8.18. The van der Waals surface area contributed by atoms with Gasteiger partial charge in [0.2, 0.25) is 0 Å². The van der Waals surface area contributed by atoms with Crippen LogP contribution in [0.2, 0.25) is 0 Å². The zero-order chi connectivity index (χ0) is 10.7. The summed E-state index contributed by atoms with van der Waals surface area (Å²) >= 11 is 0. The lowest BCUT2D eigenvalue weighted by Gasteiger charge is -2.25. The second-order valence-electron chi connectivity index (χ2n) is 3.31. The highest BCUT2D eigenvalue weighted by Gasteiger charge is 2.23. The number of morpholine rings is 1. The first-order valence-corrected chi connectivity index (χ1v) is 4.77. The van der Waals surface area contributed by atoms with Gasteiger partial charge in [0, 0.05) is 5.56 Å². The molecule has 1 aliphatic heterocycles. The van der Waals surface area contributed by atoms with E-state index in [1.165, 1.54) is 4.90 Å². The molecule has 0 unspecified atom stereocenters. The summed E-state index contributed by atoms with van der Waals surface area (Å²) in [6.45, 7) is 0.810. The van der Waals surface area contributed by atoms with Crippen LogP contribution < -0.4 is 0 Å². The van der Waals surface area contributed by atoms with Gasteiger partial charge in [0.25, 0.3) is 5.91 Å². The van der Waals surface area contributed by atoms with Crippen molar-refractivity contribution in [2.45, 2.75) is 0 Å². The van der Waals surface area contributed by atoms with E-state index in [9.17, 15) is 9.59 Å². The molecule has 0 aromatic heterocycles. The summed E-state index contributed by atoms with van der Waals surface area (Å²) in [5.41, 5.74) is 0.604. The number of ether oxygens (including phenoxy) is 1. The molecule has 0 spiro atoms. The van der Waals surface area contributed by atoms with Crippen molar-refractivity contribution in [3.8, 4) is 0 Å². The number of amides is 1. The Morgan fingerprint density at radius 1 is 1.27 bits per heavy atom. The molecule has 78 valence electrons. The first kappa shape index (κ1) is 9.71. The van der Waals surface area contributed by atoms with Gasteiger partial charge >= 0.3 is 5.97 Å². The zero-order valence-corrected chi connectivity index (χ0v) is 8.18. The Balaban J connectivity index is 2.11. The minimum Gasteiger partial charge on any atom is -0.462 e. The van der Waals surface area contributed by atoms with Gasteiger partial charge in [0.15, 0.2) is 0 Å². The summed E-state index contributed by atoms with van der Waals surface area (Å²) in [6, 6.07) is 8.93. The number of esters is 1. The fraction of sp³-hybridized carbons (Fsp3) is 0.273. The second kappa shape index (κ2) is 4.13. The first-order chi connectivity index (χ1) is 7.27. The molecule has 4 nitrogen and oxygen atoms in total. The molecular formula is C11H11NO3. The molecule has 0 bridgehead atoms. The summed E-state index contributed by atoms with van der Waals surface area (Å²) < 4.78 is 4.76. The van der Waals surface area contributed by atoms with Crippen LogP contribution in [0.5, 0.6) is 0 Å². The van der Waals surface area contributed by atoms with Gasteiger partial charge in [0.05, 0.1) is 6.54 Å². The van der Waals surface area contributed by atoms with Crippen molar-refractivity contribution in [1.82, 2.24) is 4.90 Å². The van der Waals surface area contributed by atoms with Crippen LogP contribution in [0.3, 0.4) is 0 Å². The van der Waals surface area contributed by atoms with Crippen LogP contribution in [0.4, 0.5) is 0 Å². The molecule has 1 heterocycles. The number of carbonyl (C=O) groups excluding carboxylic acids is 2. The second-order valence-corrected chi connectivity index (χ2v) is 3.31. The van der Waals surface area contributed by atoms with Gasteiger partial charge in [-0.3, -0.25) is 9.59 Å². The van der Waals surface area contributed by atoms with Gasteiger partial charge < -0.3 is 9.64 Å². The lowest BCUT2D eigenvalue weighted by Crippen LogP contribution is -2.43. The van der Waals surface area contributed by atoms with Crippen LogP contribution in [0, 0.1) is 0 Å². The predicted octanol–water partition coefficient (Wildman–Crippen LogP) is 0.686. The van der Waals surface area contributed by atoms with E-state index in [0.29, 0.717) is 12.1 Å². The van der Waals surface area contributed by atoms with Crippen molar-refractivity contribution in [1.29, 1.82) is 0 Å². The van der Waals surface area contributed by atoms with E-state index < -0.39 is 0 Å². The lowest BCUT2D eigenvalue weighted by atomic mass is 10.2. The number of carbonyl (C=O) groups is 2. The number of hydrogen-bond acceptors (Lipinski definition) is 3. The van der Waals surface area contributed by atoms with Crippen LogP contribution in [0.15, 0.2) is 30.3 Å². The third-order valence-corrected chi connectivity index (χ3v) is 2.25. The van der Waals surface area contributed by atoms with Crippen molar-refractivity contribution in [2.75, 3.05) is 19.7 Å². The number of benzene rings is 1. The van der Waals surface area contributed by atoms with Crippen molar-refractivity contribution >= 4 is 11.9 Å². The van der Waals surface area contributed by atoms with Crippen LogP contribution in [-0.2, 0) is 9.53 Å². The normalized spacial score (nSPS) is 16.0. The number of hydrogen-bond donors (Lipinski definition) is 0. The fourth-order valence-electron chi connectivity index (χ4n) is 1.49. The molecule has 1 aromatic carbocycles. The average Bonchev–Trinajstić information content (AvgIpc) is 2.29. The molecule has 15 heavy (non-hydrogen) atoms. The van der Waals surface area contributed by atoms with E-state index in [0.717, 1.165) is 0 Å². The Hall–Kier alpha value is -1.84. The molecule has 1 saturated heterocycles. The SMILES string of the molecule is O=C1CN(C(=O)c2ccccc2)CCO1. The van der Waals surface area contributed by atoms with Crippen LogP contribution >= 0.6 is 0 Å². The van der Waals surface area contributed by atoms with E-state index in [1.807, 2.05) is 6.07 Å². The van der Waals surface area contributed by atoms with Crippen LogP contribution in [-0.4, -0.2) is 36.5 Å². The Morgan fingerprint density at radius 3 is 2.67 bits per heavy atom. The molecule has 2 rings (SSSR count). The predicted molar refractivity (Wildman–Crippen MR) is 53.3 cm³/mol. The van der Waals surface area contributed by atoms with Gasteiger partial charge in [-0.05, 0) is 12.1 Å². The minimum atomic E-state index is -0.342. The monoisotopic (exact) mass is 205 g/mol. The van der Waals surface area contributed by atoms with Crippen molar-refractivity contribution in [2.24, 2.45) is 0 Å². The fourth-order valence-corrected chi connectivity index (χ4v) is 1.49. The Morgan fingerprint density at radius 2 is 2.00 bits per heavy atom. The highest BCUT2D eigenvalue weighted by Crippen LogP contribution is 2.07. The molecule has 1 amide bonds. The van der Waals surface area contributed by atoms with E-state index in [1.54, 1.807) is 24.3 Å². The van der Waals surface area contributed by atoms with Gasteiger partial charge in [-0.15, -0.1) is 0 Å². The first-order valence-electron chi connectivity index (χ1n) is 4.77. The molecule has 1 aliphatic rings. The molecule has 1 fully saturated rings. The lowest BCUT2D eigenvalue weighted by molar-refractivity contribution is -0.149. The number of cyclic esters (lactones) is 1. The molecular weight excluding hydrogens is 194 g/mol. The van der Waals surface area contributed by atoms with Crippen molar-refractivity contribution < 1.29 is 14.3 Å². The molecule has 0 N–H and O–H groups in total. The molecule has 0 atom stereocenters. The molecule has 1 aromatic rings. The molecule has 0 radical (unpaired) electrons. The summed E-state index contributed by atoms with van der Waals surface area (Å²) in [4.78, 5) is 24.4. The maximum atomic E-state index is 11.9. The highest BCUT2D eigenvalue weighted by molar-refractivity contribution is 5.96. The third kappa shape index (κ3) is 2.15. The molecule has 4 heteroatoms. The topological polar surface area (TPSA) is 46.6 Å². The summed E-state index contributed by atoms with van der Waals surface area (Å²) in [7, 11) is 0. The van der Waals surface area contributed by atoms with E-state index in [-0.39, 0.29) is 25.0 Å². The summed E-state index contributed by atoms with van der Waals surface area (Å²) in [6.07, 6.45) is 0. The van der Waals surface area contributed by atoms with Crippen molar-refractivity contribution in [3.05, 3.63) is 35.9 Å². The summed E-state index contributed by atoms with van der Waals surface area (Å²) in [5.74, 6) is -0.460. The van der Waals surface area contributed by atoms with Crippen LogP contribution in [0.25, 0.3) is 0 Å². The molecule has 0 aliphatic carbocycles. The van der Waals surface area contributed by atoms with E-state index in [2.05, 4.69) is 0 Å². The van der Waals surface area contributed by atoms with Crippen LogP contribution in [0.1, 0.15) is 10.4 Å². The van der Waals surface area contributed by atoms with Gasteiger partial charge in [-0.25, -0.2) is 0 Å². The van der Waals surface area contributed by atoms with Gasteiger partial charge in [0.1, 0.15) is 13.2 Å². The quantitative estimate of drug-likeness (QED) is 0.633. The Bertz CT molecular complexity index is 375. The Labute approximate surface area is 87.4 Å². The highest BCUT2D eigenvalue weighted by atomic mass is 16.5. The van der Waals surface area contributed by atoms with Gasteiger partial charge in [-0.2, -0.15) is 0 Å². The molecule has 0 saturated carbocycles. The largest absolute Gasteiger partial charge is 0.462 e. The minimum absolute atomic E-state index is 0.0493. The average molecular weight is 205 g/mol.